The van der Waals surface area contributed by atoms with Crippen LogP contribution in [-0.4, -0.2) is 25.8 Å². The molecule has 0 radical (unpaired) electrons. The number of carboxylic acid groups (broad SMARTS) is 1. The first-order valence-corrected chi connectivity index (χ1v) is 4.68. The van der Waals surface area contributed by atoms with Crippen molar-refractivity contribution in [2.45, 2.75) is 33.2 Å². The molecule has 1 aromatic rings. The fraction of sp³-hybridized carbons (Fsp3) is 0.667. The van der Waals surface area contributed by atoms with Crippen LogP contribution in [0.3, 0.4) is 0 Å². The van der Waals surface area contributed by atoms with Crippen molar-refractivity contribution in [3.63, 3.8) is 0 Å². The molecule has 0 spiro atoms. The maximum Gasteiger partial charge on any atom is 0.306 e. The van der Waals surface area contributed by atoms with Crippen molar-refractivity contribution in [2.75, 3.05) is 0 Å². The van der Waals surface area contributed by atoms with E-state index in [1.54, 1.807) is 13.3 Å². The number of carbonyl (C=O) groups is 1. The van der Waals surface area contributed by atoms with Gasteiger partial charge in [-0.2, -0.15) is 0 Å². The Morgan fingerprint density at radius 2 is 2.29 bits per heavy atom. The third-order valence-electron chi connectivity index (χ3n) is 2.53. The van der Waals surface area contributed by atoms with Crippen LogP contribution in [0.1, 0.15) is 32.5 Å². The Labute approximate surface area is 82.8 Å². The van der Waals surface area contributed by atoms with Gasteiger partial charge in [-0.3, -0.25) is 4.79 Å². The van der Waals surface area contributed by atoms with Crippen LogP contribution in [0, 0.1) is 5.92 Å². The Bertz CT molecular complexity index is 322. The highest BCUT2D eigenvalue weighted by atomic mass is 16.4. The maximum absolute atomic E-state index is 10.8. The lowest BCUT2D eigenvalue weighted by molar-refractivity contribution is -0.141. The maximum atomic E-state index is 10.8. The Morgan fingerprint density at radius 1 is 1.64 bits per heavy atom. The van der Waals surface area contributed by atoms with Gasteiger partial charge in [0.2, 0.25) is 0 Å². The fourth-order valence-corrected chi connectivity index (χ4v) is 1.30. The predicted octanol–water partition coefficient (Wildman–Crippen LogP) is 1.12. The quantitative estimate of drug-likeness (QED) is 0.785. The number of nitrogens with zero attached hydrogens (tertiary/aromatic N) is 3. The Morgan fingerprint density at radius 3 is 2.79 bits per heavy atom. The van der Waals surface area contributed by atoms with Crippen LogP contribution in [-0.2, 0) is 11.3 Å². The van der Waals surface area contributed by atoms with E-state index in [0.717, 1.165) is 12.4 Å². The van der Waals surface area contributed by atoms with Gasteiger partial charge in [-0.15, -0.1) is 10.2 Å². The molecule has 0 aromatic carbocycles. The third-order valence-corrected chi connectivity index (χ3v) is 2.53. The fourth-order valence-electron chi connectivity index (χ4n) is 1.30. The molecule has 0 saturated carbocycles. The first kappa shape index (κ1) is 10.7. The zero-order valence-electron chi connectivity index (χ0n) is 8.64. The summed E-state index contributed by atoms with van der Waals surface area (Å²) in [7, 11) is 0. The van der Waals surface area contributed by atoms with Gasteiger partial charge < -0.3 is 9.67 Å². The molecule has 78 valence electrons. The summed E-state index contributed by atoms with van der Waals surface area (Å²) in [5, 5.41) is 16.6. The number of aromatic nitrogens is 3. The van der Waals surface area contributed by atoms with Gasteiger partial charge in [0.05, 0.1) is 5.92 Å². The van der Waals surface area contributed by atoms with E-state index in [4.69, 9.17) is 5.11 Å². The van der Waals surface area contributed by atoms with Gasteiger partial charge in [0.1, 0.15) is 12.2 Å². The van der Waals surface area contributed by atoms with E-state index in [0.29, 0.717) is 0 Å². The Balaban J connectivity index is 2.88. The molecule has 2 atom stereocenters. The lowest BCUT2D eigenvalue weighted by Gasteiger charge is -2.15. The number of hydrogen-bond acceptors (Lipinski definition) is 3. The lowest BCUT2D eigenvalue weighted by Crippen LogP contribution is -2.19. The highest BCUT2D eigenvalue weighted by Gasteiger charge is 2.24. The van der Waals surface area contributed by atoms with Gasteiger partial charge in [-0.25, -0.2) is 0 Å². The van der Waals surface area contributed by atoms with Crippen molar-refractivity contribution in [3.8, 4) is 0 Å². The van der Waals surface area contributed by atoms with E-state index in [9.17, 15) is 4.79 Å². The van der Waals surface area contributed by atoms with E-state index >= 15 is 0 Å². The molecular formula is C9H15N3O2. The Hall–Kier alpha value is -1.39. The zero-order valence-corrected chi connectivity index (χ0v) is 8.64. The van der Waals surface area contributed by atoms with E-state index < -0.39 is 11.9 Å². The standard InChI is InChI=1S/C9H15N3O2/c1-4-12-5-10-11-8(12)6(2)7(3)9(13)14/h5-7H,4H2,1-3H3,(H,13,14). The molecule has 1 N–H and O–H groups in total. The van der Waals surface area contributed by atoms with Crippen LogP contribution in [0.5, 0.6) is 0 Å². The number of aliphatic carboxylic acids is 1. The van der Waals surface area contributed by atoms with Gasteiger partial charge in [0.25, 0.3) is 0 Å². The average Bonchev–Trinajstić information content (AvgIpc) is 2.62. The first-order valence-electron chi connectivity index (χ1n) is 4.68. The van der Waals surface area contributed by atoms with Gasteiger partial charge in [-0.05, 0) is 6.92 Å². The van der Waals surface area contributed by atoms with Gasteiger partial charge in [0, 0.05) is 12.5 Å². The van der Waals surface area contributed by atoms with E-state index in [1.807, 2.05) is 18.4 Å². The summed E-state index contributed by atoms with van der Waals surface area (Å²) >= 11 is 0. The lowest BCUT2D eigenvalue weighted by atomic mass is 9.95. The second kappa shape index (κ2) is 4.21. The molecule has 0 aliphatic carbocycles. The molecule has 0 fully saturated rings. The summed E-state index contributed by atoms with van der Waals surface area (Å²) in [6, 6.07) is 0. The number of rotatable bonds is 4. The molecule has 14 heavy (non-hydrogen) atoms. The number of hydrogen-bond donors (Lipinski definition) is 1. The third kappa shape index (κ3) is 1.92. The van der Waals surface area contributed by atoms with Crippen molar-refractivity contribution in [2.24, 2.45) is 5.92 Å². The smallest absolute Gasteiger partial charge is 0.306 e. The summed E-state index contributed by atoms with van der Waals surface area (Å²) < 4.78 is 1.87. The van der Waals surface area contributed by atoms with Crippen LogP contribution in [0.15, 0.2) is 6.33 Å². The minimum absolute atomic E-state index is 0.116. The zero-order chi connectivity index (χ0) is 10.7. The van der Waals surface area contributed by atoms with Crippen LogP contribution >= 0.6 is 0 Å². The SMILES string of the molecule is CCn1cnnc1C(C)C(C)C(=O)O. The highest BCUT2D eigenvalue weighted by molar-refractivity contribution is 5.70. The van der Waals surface area contributed by atoms with Gasteiger partial charge in [0.15, 0.2) is 0 Å². The first-order chi connectivity index (χ1) is 6.57. The molecular weight excluding hydrogens is 182 g/mol. The Kier molecular flexibility index (Phi) is 3.22. The summed E-state index contributed by atoms with van der Waals surface area (Å²) in [6.07, 6.45) is 1.63. The summed E-state index contributed by atoms with van der Waals surface area (Å²) in [5.41, 5.74) is 0. The topological polar surface area (TPSA) is 68.0 Å². The second-order valence-electron chi connectivity index (χ2n) is 3.39. The van der Waals surface area contributed by atoms with Crippen LogP contribution in [0.2, 0.25) is 0 Å². The minimum atomic E-state index is -0.803. The van der Waals surface area contributed by atoms with Crippen molar-refractivity contribution >= 4 is 5.97 Å². The van der Waals surface area contributed by atoms with E-state index in [-0.39, 0.29) is 5.92 Å². The van der Waals surface area contributed by atoms with Crippen LogP contribution in [0.25, 0.3) is 0 Å². The number of aryl methyl sites for hydroxylation is 1. The predicted molar refractivity (Wildman–Crippen MR) is 50.9 cm³/mol. The molecule has 0 amide bonds. The molecule has 0 saturated heterocycles. The average molecular weight is 197 g/mol. The summed E-state index contributed by atoms with van der Waals surface area (Å²) in [6.45, 7) is 6.28. The van der Waals surface area contributed by atoms with Gasteiger partial charge >= 0.3 is 5.97 Å². The molecule has 5 heteroatoms. The van der Waals surface area contributed by atoms with E-state index in [1.165, 1.54) is 0 Å². The van der Waals surface area contributed by atoms with Crippen molar-refractivity contribution in [1.82, 2.24) is 14.8 Å². The molecule has 2 unspecified atom stereocenters. The van der Waals surface area contributed by atoms with Crippen molar-refractivity contribution in [1.29, 1.82) is 0 Å². The van der Waals surface area contributed by atoms with Crippen molar-refractivity contribution in [3.05, 3.63) is 12.2 Å². The number of carboxylic acids is 1. The highest BCUT2D eigenvalue weighted by Crippen LogP contribution is 2.21. The molecule has 1 aromatic heterocycles. The second-order valence-corrected chi connectivity index (χ2v) is 3.39. The van der Waals surface area contributed by atoms with Gasteiger partial charge in [-0.1, -0.05) is 13.8 Å². The van der Waals surface area contributed by atoms with Crippen molar-refractivity contribution < 1.29 is 9.90 Å². The molecule has 1 rings (SSSR count). The molecule has 0 aliphatic heterocycles. The van der Waals surface area contributed by atoms with Crippen LogP contribution < -0.4 is 0 Å². The molecule has 0 aliphatic rings. The van der Waals surface area contributed by atoms with Crippen LogP contribution in [0.4, 0.5) is 0 Å². The van der Waals surface area contributed by atoms with E-state index in [2.05, 4.69) is 10.2 Å². The largest absolute Gasteiger partial charge is 0.481 e. The summed E-state index contributed by atoms with van der Waals surface area (Å²) in [4.78, 5) is 10.8. The summed E-state index contributed by atoms with van der Waals surface area (Å²) in [5.74, 6) is -0.620. The normalized spacial score (nSPS) is 15.1. The molecule has 1 heterocycles. The molecule has 5 nitrogen and oxygen atoms in total. The monoisotopic (exact) mass is 197 g/mol. The molecule has 0 bridgehead atoms. The minimum Gasteiger partial charge on any atom is -0.481 e.